The summed E-state index contributed by atoms with van der Waals surface area (Å²) >= 11 is 0. The second-order valence-corrected chi connectivity index (χ2v) is 10.7. The summed E-state index contributed by atoms with van der Waals surface area (Å²) in [5, 5.41) is 28.1. The van der Waals surface area contributed by atoms with Gasteiger partial charge in [0.15, 0.2) is 0 Å². The van der Waals surface area contributed by atoms with Gasteiger partial charge in [-0.05, 0) is 45.6 Å². The van der Waals surface area contributed by atoms with Crippen molar-refractivity contribution >= 4 is 11.9 Å². The largest absolute Gasteiger partial charge is 0.462 e. The predicted octanol–water partition coefficient (Wildman–Crippen LogP) is 3.08. The van der Waals surface area contributed by atoms with Gasteiger partial charge in [-0.15, -0.1) is 0 Å². The van der Waals surface area contributed by atoms with Crippen molar-refractivity contribution < 1.29 is 39.1 Å². The van der Waals surface area contributed by atoms with E-state index in [1.165, 1.54) is 42.9 Å². The van der Waals surface area contributed by atoms with Crippen LogP contribution in [0, 0.1) is 10.8 Å². The molecule has 1 heterocycles. The van der Waals surface area contributed by atoms with Gasteiger partial charge in [-0.2, -0.15) is 0 Å². The molecular weight excluding hydrogens is 476 g/mol. The Morgan fingerprint density at radius 3 is 2.70 bits per heavy atom. The molecule has 2 fully saturated rings. The maximum absolute atomic E-state index is 12.7. The van der Waals surface area contributed by atoms with Crippen molar-refractivity contribution in [3.63, 3.8) is 0 Å². The highest BCUT2D eigenvalue weighted by atomic mass is 16.6. The van der Waals surface area contributed by atoms with Gasteiger partial charge in [-0.1, -0.05) is 49.0 Å². The average molecular weight is 517 g/mol. The van der Waals surface area contributed by atoms with Crippen molar-refractivity contribution in [1.29, 1.82) is 0 Å². The fourth-order valence-corrected chi connectivity index (χ4v) is 5.67. The molecule has 204 valence electrons. The van der Waals surface area contributed by atoms with Gasteiger partial charge in [0, 0.05) is 36.0 Å². The molecule has 1 aliphatic heterocycles. The summed E-state index contributed by atoms with van der Waals surface area (Å²) < 4.78 is 18.2. The number of hydrogen-bond acceptors (Lipinski definition) is 8. The van der Waals surface area contributed by atoms with Gasteiger partial charge < -0.3 is 29.5 Å². The molecule has 7 atom stereocenters. The molecule has 37 heavy (non-hydrogen) atoms. The van der Waals surface area contributed by atoms with E-state index in [2.05, 4.69) is 19.6 Å². The number of ether oxygens (including phenoxy) is 3. The third-order valence-corrected chi connectivity index (χ3v) is 8.17. The van der Waals surface area contributed by atoms with E-state index in [0.29, 0.717) is 19.3 Å². The van der Waals surface area contributed by atoms with Crippen LogP contribution in [0.25, 0.3) is 0 Å². The number of esters is 2. The zero-order valence-corrected chi connectivity index (χ0v) is 22.2. The van der Waals surface area contributed by atoms with E-state index in [1.807, 2.05) is 6.92 Å². The third kappa shape index (κ3) is 5.98. The van der Waals surface area contributed by atoms with Gasteiger partial charge in [0.05, 0.1) is 24.4 Å². The molecule has 0 aromatic carbocycles. The monoisotopic (exact) mass is 516 g/mol. The van der Waals surface area contributed by atoms with Gasteiger partial charge >= 0.3 is 11.9 Å². The maximum atomic E-state index is 12.7. The van der Waals surface area contributed by atoms with Crippen LogP contribution < -0.4 is 0 Å². The zero-order valence-electron chi connectivity index (χ0n) is 22.2. The summed E-state index contributed by atoms with van der Waals surface area (Å²) in [6.07, 6.45) is 8.32. The number of aliphatic hydroxyl groups is 3. The number of rotatable bonds is 10. The Morgan fingerprint density at radius 2 is 2.03 bits per heavy atom. The Bertz CT molecular complexity index is 1010. The predicted molar refractivity (Wildman–Crippen MR) is 138 cm³/mol. The Kier molecular flexibility index (Phi) is 9.34. The van der Waals surface area contributed by atoms with Crippen LogP contribution in [0.1, 0.15) is 53.4 Å². The quantitative estimate of drug-likeness (QED) is 0.175. The molecule has 2 aliphatic carbocycles. The van der Waals surface area contributed by atoms with Crippen molar-refractivity contribution in [3.05, 3.63) is 59.8 Å². The molecule has 2 bridgehead atoms. The van der Waals surface area contributed by atoms with Crippen molar-refractivity contribution in [3.8, 4) is 0 Å². The SMILES string of the molecule is C=C1[C@H]2C[C@@H](OC(=O)/C=C/C=C/[C@@H](O)[C@@H](C)O)[C@]1(C)[C@@]1(COC(=O)/C=C(\C)CCO)CCC(C)=C[C@H]1O2. The lowest BCUT2D eigenvalue weighted by Crippen LogP contribution is -2.60. The van der Waals surface area contributed by atoms with Crippen molar-refractivity contribution in [2.24, 2.45) is 10.8 Å². The van der Waals surface area contributed by atoms with Gasteiger partial charge in [-0.25, -0.2) is 9.59 Å². The highest BCUT2D eigenvalue weighted by molar-refractivity contribution is 5.83. The van der Waals surface area contributed by atoms with Crippen molar-refractivity contribution in [1.82, 2.24) is 0 Å². The summed E-state index contributed by atoms with van der Waals surface area (Å²) in [5.74, 6) is -1.03. The number of allylic oxidation sites excluding steroid dienone is 3. The van der Waals surface area contributed by atoms with Crippen LogP contribution in [0.3, 0.4) is 0 Å². The molecule has 0 aromatic heterocycles. The number of carbonyl (C=O) groups is 2. The first-order chi connectivity index (χ1) is 17.4. The smallest absolute Gasteiger partial charge is 0.331 e. The molecule has 0 aromatic rings. The van der Waals surface area contributed by atoms with Crippen LogP contribution in [0.2, 0.25) is 0 Å². The molecule has 0 spiro atoms. The number of carbonyl (C=O) groups excluding carboxylic acids is 2. The van der Waals surface area contributed by atoms with Gasteiger partial charge in [0.25, 0.3) is 0 Å². The molecule has 0 amide bonds. The van der Waals surface area contributed by atoms with Gasteiger partial charge in [-0.3, -0.25) is 0 Å². The summed E-state index contributed by atoms with van der Waals surface area (Å²) in [6, 6.07) is 0. The van der Waals surface area contributed by atoms with E-state index in [-0.39, 0.29) is 25.4 Å². The normalized spacial score (nSPS) is 33.3. The van der Waals surface area contributed by atoms with E-state index < -0.39 is 41.1 Å². The van der Waals surface area contributed by atoms with Gasteiger partial charge in [0.1, 0.15) is 12.7 Å². The van der Waals surface area contributed by atoms with E-state index >= 15 is 0 Å². The van der Waals surface area contributed by atoms with Crippen molar-refractivity contribution in [2.75, 3.05) is 13.2 Å². The Hall–Kier alpha value is -2.52. The molecule has 3 rings (SSSR count). The zero-order chi connectivity index (χ0) is 27.4. The van der Waals surface area contributed by atoms with Crippen LogP contribution in [-0.4, -0.2) is 71.0 Å². The Morgan fingerprint density at radius 1 is 1.30 bits per heavy atom. The second kappa shape index (κ2) is 11.9. The molecule has 8 heteroatoms. The second-order valence-electron chi connectivity index (χ2n) is 10.7. The van der Waals surface area contributed by atoms with Crippen LogP contribution in [-0.2, 0) is 23.8 Å². The molecule has 0 unspecified atom stereocenters. The standard InChI is InChI=1S/C29H40O8/c1-18-10-12-29(17-35-27(34)15-19(2)11-13-30)25(14-18)36-23-16-24(28(29,5)20(23)3)37-26(33)9-7-6-8-22(32)21(4)31/h6-9,14-15,21-25,30-32H,3,10-13,16-17H2,1-2,4-5H3/b8-6+,9-7+,19-15+/t21-,22-,23-,24-,25-,28-,29-/m1/s1. The third-order valence-electron chi connectivity index (χ3n) is 8.17. The Labute approximate surface area is 219 Å². The van der Waals surface area contributed by atoms with Crippen molar-refractivity contribution in [2.45, 2.75) is 83.9 Å². The van der Waals surface area contributed by atoms with Crippen LogP contribution >= 0.6 is 0 Å². The van der Waals surface area contributed by atoms with Crippen LogP contribution in [0.15, 0.2) is 59.8 Å². The number of hydrogen-bond donors (Lipinski definition) is 3. The lowest BCUT2D eigenvalue weighted by molar-refractivity contribution is -0.181. The first kappa shape index (κ1) is 29.0. The lowest BCUT2D eigenvalue weighted by atomic mass is 9.53. The van der Waals surface area contributed by atoms with Crippen LogP contribution in [0.5, 0.6) is 0 Å². The van der Waals surface area contributed by atoms with E-state index in [1.54, 1.807) is 6.92 Å². The minimum Gasteiger partial charge on any atom is -0.462 e. The molecule has 0 radical (unpaired) electrons. The number of aliphatic hydroxyl groups excluding tert-OH is 3. The molecule has 8 nitrogen and oxygen atoms in total. The Balaban J connectivity index is 1.84. The molecule has 1 saturated carbocycles. The molecule has 3 aliphatic rings. The first-order valence-electron chi connectivity index (χ1n) is 12.8. The average Bonchev–Trinajstić information content (AvgIpc) is 3.00. The highest BCUT2D eigenvalue weighted by Gasteiger charge is 2.68. The van der Waals surface area contributed by atoms with E-state index in [4.69, 9.17) is 19.3 Å². The van der Waals surface area contributed by atoms with E-state index in [9.17, 15) is 19.8 Å². The minimum atomic E-state index is -1.03. The fourth-order valence-electron chi connectivity index (χ4n) is 5.67. The first-order valence-corrected chi connectivity index (χ1v) is 12.8. The molecular formula is C29H40O8. The maximum Gasteiger partial charge on any atom is 0.331 e. The topological polar surface area (TPSA) is 123 Å². The van der Waals surface area contributed by atoms with Gasteiger partial charge in [0.2, 0.25) is 0 Å². The summed E-state index contributed by atoms with van der Waals surface area (Å²) in [7, 11) is 0. The summed E-state index contributed by atoms with van der Waals surface area (Å²) in [4.78, 5) is 25.3. The lowest BCUT2D eigenvalue weighted by Gasteiger charge is -2.56. The molecule has 3 N–H and O–H groups in total. The summed E-state index contributed by atoms with van der Waals surface area (Å²) in [5.41, 5.74) is 1.40. The van der Waals surface area contributed by atoms with E-state index in [0.717, 1.165) is 17.6 Å². The minimum absolute atomic E-state index is 0.0444. The summed E-state index contributed by atoms with van der Waals surface area (Å²) in [6.45, 7) is 11.7. The number of fused-ring (bicyclic) bond motifs is 4. The molecule has 1 saturated heterocycles. The highest BCUT2D eigenvalue weighted by Crippen LogP contribution is 2.65. The van der Waals surface area contributed by atoms with Crippen LogP contribution in [0.4, 0.5) is 0 Å². The fraction of sp³-hybridized carbons (Fsp3) is 0.586.